The summed E-state index contributed by atoms with van der Waals surface area (Å²) in [5, 5.41) is 1.14. The molecule has 0 unspecified atom stereocenters. The molecule has 21 heavy (non-hydrogen) atoms. The van der Waals surface area contributed by atoms with E-state index in [4.69, 9.17) is 0 Å². The summed E-state index contributed by atoms with van der Waals surface area (Å²) in [7, 11) is 0. The van der Waals surface area contributed by atoms with Gasteiger partial charge >= 0.3 is 0 Å². The molecule has 0 aliphatic carbocycles. The van der Waals surface area contributed by atoms with E-state index < -0.39 is 0 Å². The Balaban J connectivity index is 1.83. The predicted molar refractivity (Wildman–Crippen MR) is 84.4 cm³/mol. The van der Waals surface area contributed by atoms with Gasteiger partial charge in [0.15, 0.2) is 5.78 Å². The molecule has 0 fully saturated rings. The molecule has 0 saturated heterocycles. The van der Waals surface area contributed by atoms with E-state index in [0.29, 0.717) is 6.54 Å². The fourth-order valence-electron chi connectivity index (χ4n) is 2.40. The highest BCUT2D eigenvalue weighted by molar-refractivity contribution is 5.97. The molecular weight excluding hydrogens is 260 g/mol. The zero-order chi connectivity index (χ0) is 14.8. The lowest BCUT2D eigenvalue weighted by atomic mass is 10.0. The molecule has 1 aromatic carbocycles. The molecule has 3 aromatic rings. The first-order valence-corrected chi connectivity index (χ1v) is 7.18. The number of aromatic nitrogens is 2. The van der Waals surface area contributed by atoms with E-state index in [1.807, 2.05) is 61.1 Å². The number of hydrogen-bond acceptors (Lipinski definition) is 2. The number of benzene rings is 1. The van der Waals surface area contributed by atoms with Crippen LogP contribution in [0.15, 0.2) is 54.9 Å². The molecule has 2 aromatic heterocycles. The first-order valence-electron chi connectivity index (χ1n) is 7.18. The highest BCUT2D eigenvalue weighted by Gasteiger charge is 2.11. The third-order valence-corrected chi connectivity index (χ3v) is 3.56. The molecule has 0 spiro atoms. The number of Topliss-reactive ketones (excluding diaryl/α,β-unsaturated/α-hetero) is 1. The molecule has 0 N–H and O–H groups in total. The minimum atomic E-state index is 0.0274. The lowest BCUT2D eigenvalue weighted by Gasteiger charge is -2.05. The Bertz CT molecular complexity index is 787. The third kappa shape index (κ3) is 2.87. The fourth-order valence-corrected chi connectivity index (χ4v) is 2.40. The monoisotopic (exact) mass is 278 g/mol. The van der Waals surface area contributed by atoms with Gasteiger partial charge in [-0.3, -0.25) is 9.78 Å². The maximum atomic E-state index is 12.0. The Morgan fingerprint density at radius 2 is 1.95 bits per heavy atom. The van der Waals surface area contributed by atoms with Crippen LogP contribution in [0.25, 0.3) is 10.9 Å². The molecule has 0 radical (unpaired) electrons. The number of carbonyl (C=O) groups excluding carboxylic acids is 1. The first kappa shape index (κ1) is 13.6. The lowest BCUT2D eigenvalue weighted by molar-refractivity contribution is 0.0939. The third-order valence-electron chi connectivity index (χ3n) is 3.56. The molecule has 0 atom stereocenters. The van der Waals surface area contributed by atoms with Gasteiger partial charge in [0.2, 0.25) is 0 Å². The summed E-state index contributed by atoms with van der Waals surface area (Å²) in [5.41, 5.74) is 2.76. The molecule has 0 bridgehead atoms. The minimum absolute atomic E-state index is 0.0274. The van der Waals surface area contributed by atoms with Gasteiger partial charge in [-0.15, -0.1) is 0 Å². The number of pyridine rings is 1. The molecule has 3 nitrogen and oxygen atoms in total. The van der Waals surface area contributed by atoms with Gasteiger partial charge in [0.25, 0.3) is 0 Å². The van der Waals surface area contributed by atoms with E-state index in [-0.39, 0.29) is 11.7 Å². The van der Waals surface area contributed by atoms with Crippen molar-refractivity contribution in [1.82, 2.24) is 9.55 Å². The first-order chi connectivity index (χ1) is 10.1. The molecular formula is C18H18N2O. The SMILES string of the molecule is CC(C)C(=O)c1ccn(Cc2ccc3ccccc3n2)c1. The van der Waals surface area contributed by atoms with E-state index in [1.165, 1.54) is 0 Å². The van der Waals surface area contributed by atoms with Gasteiger partial charge in [-0.25, -0.2) is 0 Å². The van der Waals surface area contributed by atoms with Crippen LogP contribution in [0.5, 0.6) is 0 Å². The van der Waals surface area contributed by atoms with Gasteiger partial charge in [0.1, 0.15) is 0 Å². The Kier molecular flexibility index (Phi) is 3.57. The predicted octanol–water partition coefficient (Wildman–Crippen LogP) is 3.92. The van der Waals surface area contributed by atoms with Gasteiger partial charge in [-0.1, -0.05) is 38.1 Å². The maximum absolute atomic E-state index is 12.0. The molecule has 0 amide bonds. The van der Waals surface area contributed by atoms with Crippen LogP contribution in [0, 0.1) is 5.92 Å². The summed E-state index contributed by atoms with van der Waals surface area (Å²) in [6.07, 6.45) is 3.84. The van der Waals surface area contributed by atoms with Crippen LogP contribution in [0.2, 0.25) is 0 Å². The zero-order valence-electron chi connectivity index (χ0n) is 12.3. The smallest absolute Gasteiger partial charge is 0.166 e. The molecule has 0 aliphatic heterocycles. The molecule has 0 saturated carbocycles. The van der Waals surface area contributed by atoms with Gasteiger partial charge in [0.05, 0.1) is 17.8 Å². The largest absolute Gasteiger partial charge is 0.348 e. The molecule has 3 rings (SSSR count). The second kappa shape index (κ2) is 5.52. The number of nitrogens with zero attached hydrogens (tertiary/aromatic N) is 2. The number of ketones is 1. The maximum Gasteiger partial charge on any atom is 0.166 e. The summed E-state index contributed by atoms with van der Waals surface area (Å²) in [5.74, 6) is 0.208. The van der Waals surface area contributed by atoms with Crippen molar-refractivity contribution in [3.8, 4) is 0 Å². The van der Waals surface area contributed by atoms with Crippen LogP contribution in [0.4, 0.5) is 0 Å². The average molecular weight is 278 g/mol. The normalized spacial score (nSPS) is 11.2. The average Bonchev–Trinajstić information content (AvgIpc) is 2.94. The topological polar surface area (TPSA) is 34.9 Å². The van der Waals surface area contributed by atoms with Crippen LogP contribution in [0.3, 0.4) is 0 Å². The summed E-state index contributed by atoms with van der Waals surface area (Å²) in [6, 6.07) is 14.1. The second-order valence-electron chi connectivity index (χ2n) is 5.59. The minimum Gasteiger partial charge on any atom is -0.348 e. The Morgan fingerprint density at radius 3 is 2.76 bits per heavy atom. The number of fused-ring (bicyclic) bond motifs is 1. The highest BCUT2D eigenvalue weighted by Crippen LogP contribution is 2.14. The Labute approximate surface area is 124 Å². The van der Waals surface area contributed by atoms with Crippen molar-refractivity contribution in [2.75, 3.05) is 0 Å². The summed E-state index contributed by atoms with van der Waals surface area (Å²) in [4.78, 5) is 16.6. The van der Waals surface area contributed by atoms with Crippen LogP contribution in [-0.2, 0) is 6.54 Å². The van der Waals surface area contributed by atoms with Crippen molar-refractivity contribution < 1.29 is 4.79 Å². The standard InChI is InChI=1S/C18H18N2O/c1-13(2)18(21)15-9-10-20(11-15)12-16-8-7-14-5-3-4-6-17(14)19-16/h3-11,13H,12H2,1-2H3. The van der Waals surface area contributed by atoms with Crippen molar-refractivity contribution in [2.45, 2.75) is 20.4 Å². The lowest BCUT2D eigenvalue weighted by Crippen LogP contribution is -2.06. The van der Waals surface area contributed by atoms with Crippen LogP contribution < -0.4 is 0 Å². The van der Waals surface area contributed by atoms with E-state index in [9.17, 15) is 4.79 Å². The van der Waals surface area contributed by atoms with E-state index in [1.54, 1.807) is 0 Å². The summed E-state index contributed by atoms with van der Waals surface area (Å²) < 4.78 is 2.01. The van der Waals surface area contributed by atoms with E-state index in [0.717, 1.165) is 22.2 Å². The van der Waals surface area contributed by atoms with Crippen molar-refractivity contribution >= 4 is 16.7 Å². The van der Waals surface area contributed by atoms with Crippen molar-refractivity contribution in [2.24, 2.45) is 5.92 Å². The van der Waals surface area contributed by atoms with Crippen molar-refractivity contribution in [3.05, 3.63) is 66.1 Å². The van der Waals surface area contributed by atoms with Gasteiger partial charge in [-0.05, 0) is 18.2 Å². The zero-order valence-corrected chi connectivity index (χ0v) is 12.3. The quantitative estimate of drug-likeness (QED) is 0.678. The van der Waals surface area contributed by atoms with E-state index >= 15 is 0 Å². The molecule has 106 valence electrons. The Hall–Kier alpha value is -2.42. The van der Waals surface area contributed by atoms with Crippen molar-refractivity contribution in [1.29, 1.82) is 0 Å². The molecule has 3 heteroatoms. The Morgan fingerprint density at radius 1 is 1.14 bits per heavy atom. The van der Waals surface area contributed by atoms with Crippen LogP contribution >= 0.6 is 0 Å². The highest BCUT2D eigenvalue weighted by atomic mass is 16.1. The van der Waals surface area contributed by atoms with Crippen LogP contribution in [0.1, 0.15) is 29.9 Å². The second-order valence-corrected chi connectivity index (χ2v) is 5.59. The van der Waals surface area contributed by atoms with E-state index in [2.05, 4.69) is 17.1 Å². The molecule has 0 aliphatic rings. The van der Waals surface area contributed by atoms with Gasteiger partial charge < -0.3 is 4.57 Å². The number of carbonyl (C=O) groups is 1. The summed E-state index contributed by atoms with van der Waals surface area (Å²) >= 11 is 0. The molecule has 2 heterocycles. The fraction of sp³-hybridized carbons (Fsp3) is 0.222. The number of rotatable bonds is 4. The van der Waals surface area contributed by atoms with Gasteiger partial charge in [-0.2, -0.15) is 0 Å². The summed E-state index contributed by atoms with van der Waals surface area (Å²) in [6.45, 7) is 4.52. The van der Waals surface area contributed by atoms with Crippen molar-refractivity contribution in [3.63, 3.8) is 0 Å². The van der Waals surface area contributed by atoms with Gasteiger partial charge in [0, 0.05) is 29.3 Å². The van der Waals surface area contributed by atoms with Crippen LogP contribution in [-0.4, -0.2) is 15.3 Å². The number of hydrogen-bond donors (Lipinski definition) is 0. The number of para-hydroxylation sites is 1.